The minimum absolute atomic E-state index is 0.787. The molecular formula is C13H19BrClN. The van der Waals surface area contributed by atoms with E-state index in [1.165, 1.54) is 18.4 Å². The molecule has 0 amide bonds. The third kappa shape index (κ3) is 5.88. The molecule has 3 heteroatoms. The molecule has 0 heterocycles. The van der Waals surface area contributed by atoms with Gasteiger partial charge in [-0.1, -0.05) is 34.5 Å². The molecule has 0 bridgehead atoms. The van der Waals surface area contributed by atoms with E-state index in [9.17, 15) is 0 Å². The van der Waals surface area contributed by atoms with E-state index in [0.717, 1.165) is 29.9 Å². The van der Waals surface area contributed by atoms with Gasteiger partial charge in [-0.2, -0.15) is 0 Å². The van der Waals surface area contributed by atoms with E-state index in [-0.39, 0.29) is 0 Å². The zero-order valence-corrected chi connectivity index (χ0v) is 12.1. The van der Waals surface area contributed by atoms with Crippen molar-refractivity contribution < 1.29 is 0 Å². The van der Waals surface area contributed by atoms with Crippen LogP contribution in [-0.2, 0) is 6.54 Å². The Morgan fingerprint density at radius 3 is 2.75 bits per heavy atom. The number of halogens is 2. The van der Waals surface area contributed by atoms with Crippen molar-refractivity contribution in [3.05, 3.63) is 34.3 Å². The van der Waals surface area contributed by atoms with Crippen LogP contribution in [0.3, 0.4) is 0 Å². The van der Waals surface area contributed by atoms with Crippen molar-refractivity contribution in [3.63, 3.8) is 0 Å². The lowest BCUT2D eigenvalue weighted by atomic mass is 10.2. The maximum atomic E-state index is 5.65. The van der Waals surface area contributed by atoms with Gasteiger partial charge in [0.25, 0.3) is 0 Å². The number of hydrogen-bond donors (Lipinski definition) is 0. The molecule has 0 spiro atoms. The van der Waals surface area contributed by atoms with Crippen LogP contribution in [0.4, 0.5) is 0 Å². The van der Waals surface area contributed by atoms with E-state index in [1.54, 1.807) is 0 Å². The van der Waals surface area contributed by atoms with Gasteiger partial charge in [0.05, 0.1) is 0 Å². The minimum Gasteiger partial charge on any atom is -0.302 e. The molecule has 1 nitrogen and oxygen atoms in total. The second-order valence-electron chi connectivity index (χ2n) is 4.12. The predicted octanol–water partition coefficient (Wildman–Crippen LogP) is 4.29. The number of benzene rings is 1. The molecule has 0 radical (unpaired) electrons. The fourth-order valence-electron chi connectivity index (χ4n) is 1.68. The van der Waals surface area contributed by atoms with Gasteiger partial charge in [0.2, 0.25) is 0 Å². The Labute approximate surface area is 112 Å². The monoisotopic (exact) mass is 303 g/mol. The van der Waals surface area contributed by atoms with Gasteiger partial charge < -0.3 is 4.90 Å². The predicted molar refractivity (Wildman–Crippen MR) is 75.0 cm³/mol. The summed E-state index contributed by atoms with van der Waals surface area (Å²) in [6.07, 6.45) is 3.59. The summed E-state index contributed by atoms with van der Waals surface area (Å²) in [4.78, 5) is 2.36. The summed E-state index contributed by atoms with van der Waals surface area (Å²) in [6, 6.07) is 8.49. The van der Waals surface area contributed by atoms with Gasteiger partial charge in [-0.05, 0) is 44.1 Å². The maximum Gasteiger partial charge on any atom is 0.0231 e. The first-order valence-electron chi connectivity index (χ1n) is 5.71. The molecule has 90 valence electrons. The van der Waals surface area contributed by atoms with Crippen molar-refractivity contribution in [3.8, 4) is 0 Å². The van der Waals surface area contributed by atoms with Crippen LogP contribution >= 0.6 is 27.5 Å². The van der Waals surface area contributed by atoms with Crippen molar-refractivity contribution in [1.29, 1.82) is 0 Å². The van der Waals surface area contributed by atoms with Crippen molar-refractivity contribution in [2.24, 2.45) is 0 Å². The first-order valence-corrected chi connectivity index (χ1v) is 7.04. The van der Waals surface area contributed by atoms with Crippen LogP contribution in [0.15, 0.2) is 28.7 Å². The summed E-state index contributed by atoms with van der Waals surface area (Å²) in [7, 11) is 2.17. The normalized spacial score (nSPS) is 11.0. The Morgan fingerprint density at radius 2 is 2.06 bits per heavy atom. The minimum atomic E-state index is 0.787. The van der Waals surface area contributed by atoms with E-state index in [0.29, 0.717) is 0 Å². The number of alkyl halides is 1. The van der Waals surface area contributed by atoms with Crippen LogP contribution in [0.1, 0.15) is 24.8 Å². The third-order valence-corrected chi connectivity index (χ3v) is 3.28. The van der Waals surface area contributed by atoms with Gasteiger partial charge in [-0.15, -0.1) is 11.6 Å². The summed E-state index contributed by atoms with van der Waals surface area (Å²) in [5.41, 5.74) is 1.36. The molecule has 1 rings (SSSR count). The summed E-state index contributed by atoms with van der Waals surface area (Å²) in [5.74, 6) is 0.787. The lowest BCUT2D eigenvalue weighted by molar-refractivity contribution is 0.318. The molecule has 0 aliphatic heterocycles. The van der Waals surface area contributed by atoms with Crippen LogP contribution in [-0.4, -0.2) is 24.4 Å². The highest BCUT2D eigenvalue weighted by atomic mass is 79.9. The summed E-state index contributed by atoms with van der Waals surface area (Å²) >= 11 is 9.14. The first-order chi connectivity index (χ1) is 7.72. The summed E-state index contributed by atoms with van der Waals surface area (Å²) in [6.45, 7) is 2.16. The van der Waals surface area contributed by atoms with Crippen LogP contribution in [0.2, 0.25) is 0 Å². The molecule has 0 unspecified atom stereocenters. The van der Waals surface area contributed by atoms with Crippen molar-refractivity contribution in [2.45, 2.75) is 25.8 Å². The standard InChI is InChI=1S/C13H19BrClN/c1-16(9-4-2-3-8-15)11-12-6-5-7-13(14)10-12/h5-7,10H,2-4,8-9,11H2,1H3. The summed E-state index contributed by atoms with van der Waals surface area (Å²) < 4.78 is 1.15. The topological polar surface area (TPSA) is 3.24 Å². The van der Waals surface area contributed by atoms with Gasteiger partial charge >= 0.3 is 0 Å². The van der Waals surface area contributed by atoms with Gasteiger partial charge in [0, 0.05) is 16.9 Å². The van der Waals surface area contributed by atoms with E-state index >= 15 is 0 Å². The zero-order chi connectivity index (χ0) is 11.8. The van der Waals surface area contributed by atoms with Crippen LogP contribution < -0.4 is 0 Å². The quantitative estimate of drug-likeness (QED) is 0.536. The third-order valence-electron chi connectivity index (χ3n) is 2.51. The Morgan fingerprint density at radius 1 is 1.25 bits per heavy atom. The molecule has 16 heavy (non-hydrogen) atoms. The highest BCUT2D eigenvalue weighted by molar-refractivity contribution is 9.10. The molecule has 0 aromatic heterocycles. The average Bonchev–Trinajstić information content (AvgIpc) is 2.24. The van der Waals surface area contributed by atoms with E-state index in [1.807, 2.05) is 0 Å². The first kappa shape index (κ1) is 14.0. The van der Waals surface area contributed by atoms with Gasteiger partial charge in [-0.25, -0.2) is 0 Å². The second-order valence-corrected chi connectivity index (χ2v) is 5.41. The zero-order valence-electron chi connectivity index (χ0n) is 9.76. The SMILES string of the molecule is CN(CCCCCCl)Cc1cccc(Br)c1. The molecule has 0 saturated carbocycles. The van der Waals surface area contributed by atoms with Gasteiger partial charge in [0.15, 0.2) is 0 Å². The lowest BCUT2D eigenvalue weighted by Crippen LogP contribution is -2.19. The maximum absolute atomic E-state index is 5.65. The molecule has 0 fully saturated rings. The summed E-state index contributed by atoms with van der Waals surface area (Å²) in [5, 5.41) is 0. The Balaban J connectivity index is 2.25. The van der Waals surface area contributed by atoms with E-state index < -0.39 is 0 Å². The fraction of sp³-hybridized carbons (Fsp3) is 0.538. The second kappa shape index (κ2) is 8.10. The van der Waals surface area contributed by atoms with Crippen molar-refractivity contribution in [1.82, 2.24) is 4.90 Å². The molecule has 0 aliphatic carbocycles. The average molecular weight is 305 g/mol. The molecule has 0 saturated heterocycles. The highest BCUT2D eigenvalue weighted by Gasteiger charge is 2.00. The number of hydrogen-bond acceptors (Lipinski definition) is 1. The lowest BCUT2D eigenvalue weighted by Gasteiger charge is -2.16. The van der Waals surface area contributed by atoms with Crippen molar-refractivity contribution >= 4 is 27.5 Å². The van der Waals surface area contributed by atoms with E-state index in [2.05, 4.69) is 52.1 Å². The molecule has 1 aromatic rings. The largest absolute Gasteiger partial charge is 0.302 e. The number of unbranched alkanes of at least 4 members (excludes halogenated alkanes) is 2. The molecular weight excluding hydrogens is 286 g/mol. The van der Waals surface area contributed by atoms with Gasteiger partial charge in [-0.3, -0.25) is 0 Å². The fourth-order valence-corrected chi connectivity index (χ4v) is 2.31. The van der Waals surface area contributed by atoms with Crippen molar-refractivity contribution in [2.75, 3.05) is 19.5 Å². The van der Waals surface area contributed by atoms with Crippen LogP contribution in [0, 0.1) is 0 Å². The highest BCUT2D eigenvalue weighted by Crippen LogP contribution is 2.13. The van der Waals surface area contributed by atoms with Crippen LogP contribution in [0.5, 0.6) is 0 Å². The Kier molecular flexibility index (Phi) is 7.10. The van der Waals surface area contributed by atoms with Crippen LogP contribution in [0.25, 0.3) is 0 Å². The molecule has 1 aromatic carbocycles. The molecule has 0 atom stereocenters. The number of rotatable bonds is 7. The smallest absolute Gasteiger partial charge is 0.0231 e. The number of nitrogens with zero attached hydrogens (tertiary/aromatic N) is 1. The molecule has 0 aliphatic rings. The van der Waals surface area contributed by atoms with E-state index in [4.69, 9.17) is 11.6 Å². The Hall–Kier alpha value is -0.0500. The Bertz CT molecular complexity index is 304. The molecule has 0 N–H and O–H groups in total. The van der Waals surface area contributed by atoms with Gasteiger partial charge in [0.1, 0.15) is 0 Å².